The van der Waals surface area contributed by atoms with Crippen LogP contribution in [0.4, 0.5) is 0 Å². The van der Waals surface area contributed by atoms with Gasteiger partial charge < -0.3 is 10.2 Å². The van der Waals surface area contributed by atoms with Crippen LogP contribution in [0.5, 0.6) is 0 Å². The molecular formula is C11H20N2OS2. The molecule has 0 spiro atoms. The number of thiocarbonyl (C=S) groups is 1. The Kier molecular flexibility index (Phi) is 6.80. The summed E-state index contributed by atoms with van der Waals surface area (Å²) in [5.74, 6) is 0.555. The maximum atomic E-state index is 11.4. The fourth-order valence-electron chi connectivity index (χ4n) is 1.57. The van der Waals surface area contributed by atoms with Gasteiger partial charge in [-0.3, -0.25) is 4.79 Å². The number of nitrogens with one attached hydrogen (secondary N) is 1. The Balaban J connectivity index is 2.08. The Morgan fingerprint density at radius 2 is 2.12 bits per heavy atom. The van der Waals surface area contributed by atoms with E-state index < -0.39 is 0 Å². The predicted molar refractivity (Wildman–Crippen MR) is 73.8 cm³/mol. The molecule has 5 heteroatoms. The second-order valence-electron chi connectivity index (χ2n) is 3.95. The lowest BCUT2D eigenvalue weighted by atomic mass is 10.3. The number of unbranched alkanes of at least 4 members (excludes halogenated alkanes) is 1. The summed E-state index contributed by atoms with van der Waals surface area (Å²) in [5.41, 5.74) is 0. The number of nitrogens with zero attached hydrogens (tertiary/aromatic N) is 1. The van der Waals surface area contributed by atoms with Gasteiger partial charge in [0.15, 0.2) is 0 Å². The second-order valence-corrected chi connectivity index (χ2v) is 5.56. The Hall–Kier alpha value is -0.290. The molecule has 1 heterocycles. The molecular weight excluding hydrogens is 240 g/mol. The number of rotatable bonds is 5. The van der Waals surface area contributed by atoms with Gasteiger partial charge in [-0.25, -0.2) is 0 Å². The summed E-state index contributed by atoms with van der Waals surface area (Å²) in [6, 6.07) is 0. The van der Waals surface area contributed by atoms with Crippen molar-refractivity contribution < 1.29 is 4.79 Å². The third-order valence-corrected chi connectivity index (χ3v) is 4.07. The van der Waals surface area contributed by atoms with Crippen LogP contribution in [0, 0.1) is 0 Å². The molecule has 0 aromatic rings. The first-order valence-electron chi connectivity index (χ1n) is 5.92. The van der Waals surface area contributed by atoms with Gasteiger partial charge in [-0.15, -0.1) is 0 Å². The van der Waals surface area contributed by atoms with Crippen molar-refractivity contribution in [1.29, 1.82) is 0 Å². The number of likely N-dealkylation sites (tertiary alicyclic amines) is 1. The van der Waals surface area contributed by atoms with E-state index in [-0.39, 0.29) is 5.91 Å². The van der Waals surface area contributed by atoms with Crippen molar-refractivity contribution in [3.63, 3.8) is 0 Å². The van der Waals surface area contributed by atoms with E-state index in [4.69, 9.17) is 12.2 Å². The van der Waals surface area contributed by atoms with Gasteiger partial charge in [0.2, 0.25) is 5.91 Å². The summed E-state index contributed by atoms with van der Waals surface area (Å²) in [5, 5.41) is 2.89. The third-order valence-electron chi connectivity index (χ3n) is 2.54. The summed E-state index contributed by atoms with van der Waals surface area (Å²) >= 11 is 6.76. The van der Waals surface area contributed by atoms with Crippen molar-refractivity contribution in [3.05, 3.63) is 0 Å². The van der Waals surface area contributed by atoms with Crippen LogP contribution in [0.3, 0.4) is 0 Å². The number of thioether (sulfide) groups is 1. The molecule has 3 nitrogen and oxygen atoms in total. The average Bonchev–Trinajstić information content (AvgIpc) is 2.79. The molecule has 0 aliphatic carbocycles. The van der Waals surface area contributed by atoms with Crippen molar-refractivity contribution in [2.24, 2.45) is 0 Å². The number of amides is 1. The van der Waals surface area contributed by atoms with Crippen LogP contribution in [0.2, 0.25) is 0 Å². The van der Waals surface area contributed by atoms with Crippen LogP contribution in [0.1, 0.15) is 32.6 Å². The van der Waals surface area contributed by atoms with Crippen molar-refractivity contribution in [3.8, 4) is 0 Å². The highest BCUT2D eigenvalue weighted by Gasteiger charge is 2.15. The fourth-order valence-corrected chi connectivity index (χ4v) is 2.66. The summed E-state index contributed by atoms with van der Waals surface area (Å²) in [4.78, 5) is 13.6. The first-order valence-corrected chi connectivity index (χ1v) is 7.32. The molecule has 0 radical (unpaired) electrons. The average molecular weight is 260 g/mol. The quantitative estimate of drug-likeness (QED) is 0.605. The molecule has 0 atom stereocenters. The first kappa shape index (κ1) is 13.8. The fraction of sp³-hybridized carbons (Fsp3) is 0.818. The maximum Gasteiger partial charge on any atom is 0.230 e. The van der Waals surface area contributed by atoms with E-state index in [0.29, 0.717) is 5.75 Å². The third kappa shape index (κ3) is 5.16. The van der Waals surface area contributed by atoms with Gasteiger partial charge in [0.1, 0.15) is 4.32 Å². The van der Waals surface area contributed by atoms with Crippen LogP contribution >= 0.6 is 24.0 Å². The minimum absolute atomic E-state index is 0.0972. The highest BCUT2D eigenvalue weighted by Crippen LogP contribution is 2.15. The highest BCUT2D eigenvalue weighted by atomic mass is 32.2. The van der Waals surface area contributed by atoms with E-state index in [1.807, 2.05) is 0 Å². The Bertz CT molecular complexity index is 240. The van der Waals surface area contributed by atoms with Crippen LogP contribution in [0.15, 0.2) is 0 Å². The number of carbonyl (C=O) groups excluding carboxylic acids is 1. The monoisotopic (exact) mass is 260 g/mol. The SMILES string of the molecule is CCCCNC(=O)CSC(=S)N1CCCC1. The molecule has 1 fully saturated rings. The molecule has 1 aliphatic rings. The van der Waals surface area contributed by atoms with Crippen molar-refractivity contribution >= 4 is 34.2 Å². The molecule has 92 valence electrons. The lowest BCUT2D eigenvalue weighted by Crippen LogP contribution is -2.29. The van der Waals surface area contributed by atoms with Crippen molar-refractivity contribution in [2.45, 2.75) is 32.6 Å². The van der Waals surface area contributed by atoms with Crippen LogP contribution in [-0.4, -0.2) is 40.5 Å². The molecule has 0 unspecified atom stereocenters. The molecule has 16 heavy (non-hydrogen) atoms. The standard InChI is InChI=1S/C11H20N2OS2/c1-2-3-6-12-10(14)9-16-11(15)13-7-4-5-8-13/h2-9H2,1H3,(H,12,14). The number of carbonyl (C=O) groups is 1. The molecule has 1 N–H and O–H groups in total. The van der Waals surface area contributed by atoms with E-state index in [0.717, 1.165) is 36.8 Å². The molecule has 0 aromatic heterocycles. The van der Waals surface area contributed by atoms with Crippen molar-refractivity contribution in [1.82, 2.24) is 10.2 Å². The van der Waals surface area contributed by atoms with E-state index in [1.54, 1.807) is 0 Å². The van der Waals surface area contributed by atoms with Gasteiger partial charge >= 0.3 is 0 Å². The predicted octanol–water partition coefficient (Wildman–Crippen LogP) is 2.02. The Labute approximate surface area is 107 Å². The number of hydrogen-bond donors (Lipinski definition) is 1. The van der Waals surface area contributed by atoms with E-state index in [2.05, 4.69) is 17.1 Å². The topological polar surface area (TPSA) is 32.3 Å². The highest BCUT2D eigenvalue weighted by molar-refractivity contribution is 8.23. The molecule has 1 amide bonds. The molecule has 1 saturated heterocycles. The lowest BCUT2D eigenvalue weighted by Gasteiger charge is -2.17. The van der Waals surface area contributed by atoms with E-state index in [1.165, 1.54) is 24.6 Å². The zero-order chi connectivity index (χ0) is 11.8. The van der Waals surface area contributed by atoms with Crippen LogP contribution in [-0.2, 0) is 4.79 Å². The zero-order valence-electron chi connectivity index (χ0n) is 9.83. The molecule has 0 aromatic carbocycles. The minimum Gasteiger partial charge on any atom is -0.358 e. The summed E-state index contributed by atoms with van der Waals surface area (Å²) < 4.78 is 0.878. The lowest BCUT2D eigenvalue weighted by molar-refractivity contribution is -0.118. The largest absolute Gasteiger partial charge is 0.358 e. The number of hydrogen-bond acceptors (Lipinski definition) is 3. The van der Waals surface area contributed by atoms with Crippen LogP contribution < -0.4 is 5.32 Å². The first-order chi connectivity index (χ1) is 7.74. The van der Waals surface area contributed by atoms with Gasteiger partial charge in [-0.2, -0.15) is 0 Å². The van der Waals surface area contributed by atoms with E-state index >= 15 is 0 Å². The molecule has 1 rings (SSSR count). The Morgan fingerprint density at radius 1 is 1.44 bits per heavy atom. The molecule has 0 saturated carbocycles. The summed E-state index contributed by atoms with van der Waals surface area (Å²) in [6.45, 7) is 5.02. The minimum atomic E-state index is 0.0972. The summed E-state index contributed by atoms with van der Waals surface area (Å²) in [7, 11) is 0. The normalized spacial score (nSPS) is 15.2. The van der Waals surface area contributed by atoms with Crippen molar-refractivity contribution in [2.75, 3.05) is 25.4 Å². The Morgan fingerprint density at radius 3 is 2.75 bits per heavy atom. The zero-order valence-corrected chi connectivity index (χ0v) is 11.5. The van der Waals surface area contributed by atoms with Gasteiger partial charge in [0.05, 0.1) is 5.75 Å². The van der Waals surface area contributed by atoms with E-state index in [9.17, 15) is 4.79 Å². The molecule has 0 bridgehead atoms. The smallest absolute Gasteiger partial charge is 0.230 e. The van der Waals surface area contributed by atoms with Gasteiger partial charge in [0, 0.05) is 19.6 Å². The molecule has 1 aliphatic heterocycles. The summed E-state index contributed by atoms with van der Waals surface area (Å²) in [6.07, 6.45) is 4.61. The van der Waals surface area contributed by atoms with Gasteiger partial charge in [0.25, 0.3) is 0 Å². The van der Waals surface area contributed by atoms with Gasteiger partial charge in [-0.1, -0.05) is 37.3 Å². The van der Waals surface area contributed by atoms with Gasteiger partial charge in [-0.05, 0) is 19.3 Å². The van der Waals surface area contributed by atoms with Crippen LogP contribution in [0.25, 0.3) is 0 Å². The second kappa shape index (κ2) is 7.90. The maximum absolute atomic E-state index is 11.4.